The highest BCUT2D eigenvalue weighted by Gasteiger charge is 2.20. The van der Waals surface area contributed by atoms with E-state index in [0.29, 0.717) is 30.0 Å². The molecule has 0 aliphatic rings. The fourth-order valence-corrected chi connectivity index (χ4v) is 5.68. The minimum Gasteiger partial charge on any atom is -0.494 e. The van der Waals surface area contributed by atoms with Crippen molar-refractivity contribution in [3.05, 3.63) is 126 Å². The Morgan fingerprint density at radius 2 is 1.60 bits per heavy atom. The fraction of sp³-hybridized carbons (Fsp3) is 0.139. The summed E-state index contributed by atoms with van der Waals surface area (Å²) >= 11 is 1.41. The molecule has 45 heavy (non-hydrogen) atoms. The minimum absolute atomic E-state index is 0.0906. The number of benzene rings is 4. The van der Waals surface area contributed by atoms with Crippen molar-refractivity contribution in [1.82, 2.24) is 10.3 Å². The van der Waals surface area contributed by atoms with Gasteiger partial charge in [0, 0.05) is 44.5 Å². The molecule has 1 heterocycles. The Morgan fingerprint density at radius 3 is 2.36 bits per heavy atom. The Balaban J connectivity index is 1.31. The molecular weight excluding hydrogens is 584 g/mol. The topological polar surface area (TPSA) is 112 Å². The molecule has 0 saturated heterocycles. The highest BCUT2D eigenvalue weighted by Crippen LogP contribution is 2.29. The highest BCUT2D eigenvalue weighted by molar-refractivity contribution is 8.00. The molecule has 1 atom stereocenters. The number of anilines is 2. The van der Waals surface area contributed by atoms with Gasteiger partial charge >= 0.3 is 0 Å². The first-order valence-electron chi connectivity index (χ1n) is 14.7. The monoisotopic (exact) mass is 618 g/mol. The predicted molar refractivity (Wildman–Crippen MR) is 181 cm³/mol. The highest BCUT2D eigenvalue weighted by atomic mass is 32.2. The average Bonchev–Trinajstić information content (AvgIpc) is 3.47. The van der Waals surface area contributed by atoms with Gasteiger partial charge in [0.25, 0.3) is 11.8 Å². The lowest BCUT2D eigenvalue weighted by Crippen LogP contribution is -2.30. The Morgan fingerprint density at radius 1 is 0.844 bits per heavy atom. The summed E-state index contributed by atoms with van der Waals surface area (Å²) in [5.74, 6) is -0.249. The number of hydrogen-bond acceptors (Lipinski definition) is 5. The molecule has 9 heteroatoms. The van der Waals surface area contributed by atoms with E-state index in [2.05, 4.69) is 20.9 Å². The summed E-state index contributed by atoms with van der Waals surface area (Å²) < 4.78 is 5.48. The maximum Gasteiger partial charge on any atom is 0.272 e. The summed E-state index contributed by atoms with van der Waals surface area (Å²) in [6.45, 7) is 4.45. The second-order valence-electron chi connectivity index (χ2n) is 10.1. The molecule has 8 nitrogen and oxygen atoms in total. The zero-order valence-corrected chi connectivity index (χ0v) is 25.8. The molecule has 0 spiro atoms. The molecule has 0 aliphatic heterocycles. The van der Waals surface area contributed by atoms with Crippen LogP contribution in [0.15, 0.2) is 120 Å². The SMILES string of the molecule is CCOc1ccc(NC(=O)C(CC)Sc2cccc(NC(=O)/C(=C/c3c[nH]c4ccccc34)NC(=O)c3ccccc3)c2)cc1. The number of H-pyrrole nitrogens is 1. The van der Waals surface area contributed by atoms with Crippen LogP contribution in [0.1, 0.15) is 36.2 Å². The third-order valence-electron chi connectivity index (χ3n) is 6.92. The van der Waals surface area contributed by atoms with E-state index in [4.69, 9.17) is 4.74 Å². The molecule has 3 amide bonds. The van der Waals surface area contributed by atoms with Gasteiger partial charge in [-0.15, -0.1) is 11.8 Å². The summed E-state index contributed by atoms with van der Waals surface area (Å²) in [4.78, 5) is 43.8. The van der Waals surface area contributed by atoms with Gasteiger partial charge in [-0.2, -0.15) is 0 Å². The standard InChI is InChI=1S/C36H34N4O4S/c1-3-33(36(43)38-26-17-19-28(20-18-26)44-4-2)45-29-14-10-13-27(22-29)39-35(42)32(40-34(41)24-11-6-5-7-12-24)21-25-23-37-31-16-9-8-15-30(25)31/h5-23,33,37H,3-4H2,1-2H3,(H,38,43)(H,39,42)(H,40,41)/b32-21-. The smallest absolute Gasteiger partial charge is 0.272 e. The first-order valence-corrected chi connectivity index (χ1v) is 15.6. The molecule has 1 unspecified atom stereocenters. The molecule has 4 N–H and O–H groups in total. The number of hydrogen-bond donors (Lipinski definition) is 4. The van der Waals surface area contributed by atoms with Crippen molar-refractivity contribution in [2.24, 2.45) is 0 Å². The number of aromatic amines is 1. The number of carbonyl (C=O) groups excluding carboxylic acids is 3. The second-order valence-corrected chi connectivity index (χ2v) is 11.4. The Kier molecular flexibility index (Phi) is 10.3. The van der Waals surface area contributed by atoms with Crippen LogP contribution in [-0.4, -0.2) is 34.6 Å². The molecule has 5 rings (SSSR count). The van der Waals surface area contributed by atoms with Gasteiger partial charge in [-0.1, -0.05) is 49.4 Å². The number of nitrogens with one attached hydrogen (secondary N) is 4. The van der Waals surface area contributed by atoms with Crippen LogP contribution in [0.2, 0.25) is 0 Å². The van der Waals surface area contributed by atoms with Crippen molar-refractivity contribution < 1.29 is 19.1 Å². The van der Waals surface area contributed by atoms with Gasteiger partial charge in [-0.25, -0.2) is 0 Å². The van der Waals surface area contributed by atoms with Gasteiger partial charge in [-0.05, 0) is 80.1 Å². The van der Waals surface area contributed by atoms with Crippen molar-refractivity contribution in [2.45, 2.75) is 30.4 Å². The summed E-state index contributed by atoms with van der Waals surface area (Å²) in [5, 5.41) is 9.25. The number of ether oxygens (including phenoxy) is 1. The first-order chi connectivity index (χ1) is 21.9. The number of fused-ring (bicyclic) bond motifs is 1. The second kappa shape index (κ2) is 14.9. The summed E-state index contributed by atoms with van der Waals surface area (Å²) in [7, 11) is 0. The number of thioether (sulfide) groups is 1. The molecule has 1 aromatic heterocycles. The van der Waals surface area contributed by atoms with Gasteiger partial charge in [0.2, 0.25) is 5.91 Å². The number of rotatable bonds is 12. The van der Waals surface area contributed by atoms with Crippen LogP contribution in [0.3, 0.4) is 0 Å². The molecule has 0 aliphatic carbocycles. The van der Waals surface area contributed by atoms with Crippen molar-refractivity contribution in [2.75, 3.05) is 17.2 Å². The van der Waals surface area contributed by atoms with Crippen LogP contribution < -0.4 is 20.7 Å². The van der Waals surface area contributed by atoms with Crippen LogP contribution >= 0.6 is 11.8 Å². The van der Waals surface area contributed by atoms with Gasteiger partial charge in [0.05, 0.1) is 11.9 Å². The van der Waals surface area contributed by atoms with E-state index in [1.54, 1.807) is 42.6 Å². The third-order valence-corrected chi connectivity index (χ3v) is 8.27. The summed E-state index contributed by atoms with van der Waals surface area (Å²) in [6, 6.07) is 31.0. The van der Waals surface area contributed by atoms with Crippen LogP contribution in [-0.2, 0) is 9.59 Å². The molecular formula is C36H34N4O4S. The number of amides is 3. The van der Waals surface area contributed by atoms with Gasteiger partial charge in [-0.3, -0.25) is 14.4 Å². The van der Waals surface area contributed by atoms with Crippen molar-refractivity contribution in [1.29, 1.82) is 0 Å². The van der Waals surface area contributed by atoms with E-state index in [1.807, 2.05) is 86.6 Å². The van der Waals surface area contributed by atoms with Crippen molar-refractivity contribution in [3.8, 4) is 5.75 Å². The normalized spacial score (nSPS) is 11.9. The Hall–Kier alpha value is -5.28. The van der Waals surface area contributed by atoms with E-state index in [-0.39, 0.29) is 16.9 Å². The number of aromatic nitrogens is 1. The largest absolute Gasteiger partial charge is 0.494 e. The Labute approximate surface area is 266 Å². The fourth-order valence-electron chi connectivity index (χ4n) is 4.67. The van der Waals surface area contributed by atoms with E-state index in [9.17, 15) is 14.4 Å². The van der Waals surface area contributed by atoms with E-state index in [0.717, 1.165) is 27.1 Å². The molecule has 0 saturated carbocycles. The number of para-hydroxylation sites is 1. The first kappa shape index (κ1) is 31.2. The summed E-state index contributed by atoms with van der Waals surface area (Å²) in [6.07, 6.45) is 4.06. The maximum absolute atomic E-state index is 13.6. The lowest BCUT2D eigenvalue weighted by Gasteiger charge is -2.16. The zero-order chi connectivity index (χ0) is 31.6. The van der Waals surface area contributed by atoms with Gasteiger partial charge in [0.15, 0.2) is 0 Å². The molecule has 0 fully saturated rings. The maximum atomic E-state index is 13.6. The van der Waals surface area contributed by atoms with Crippen LogP contribution in [0.5, 0.6) is 5.75 Å². The lowest BCUT2D eigenvalue weighted by molar-refractivity contribution is -0.116. The Bertz CT molecular complexity index is 1820. The number of carbonyl (C=O) groups is 3. The average molecular weight is 619 g/mol. The molecule has 5 aromatic rings. The van der Waals surface area contributed by atoms with Crippen molar-refractivity contribution >= 4 is 57.8 Å². The minimum atomic E-state index is -0.480. The van der Waals surface area contributed by atoms with Gasteiger partial charge in [0.1, 0.15) is 11.4 Å². The lowest BCUT2D eigenvalue weighted by atomic mass is 10.1. The van der Waals surface area contributed by atoms with Crippen LogP contribution in [0, 0.1) is 0 Å². The molecule has 0 radical (unpaired) electrons. The predicted octanol–water partition coefficient (Wildman–Crippen LogP) is 7.49. The zero-order valence-electron chi connectivity index (χ0n) is 25.0. The summed E-state index contributed by atoms with van der Waals surface area (Å²) in [5.41, 5.74) is 3.43. The molecule has 228 valence electrons. The van der Waals surface area contributed by atoms with Crippen LogP contribution in [0.4, 0.5) is 11.4 Å². The van der Waals surface area contributed by atoms with E-state index >= 15 is 0 Å². The van der Waals surface area contributed by atoms with Gasteiger partial charge < -0.3 is 25.7 Å². The van der Waals surface area contributed by atoms with E-state index < -0.39 is 11.8 Å². The molecule has 0 bridgehead atoms. The van der Waals surface area contributed by atoms with Crippen LogP contribution in [0.25, 0.3) is 17.0 Å². The van der Waals surface area contributed by atoms with Crippen molar-refractivity contribution in [3.63, 3.8) is 0 Å². The third kappa shape index (κ3) is 8.21. The van der Waals surface area contributed by atoms with E-state index in [1.165, 1.54) is 11.8 Å². The quantitative estimate of drug-likeness (QED) is 0.0855. The molecule has 4 aromatic carbocycles.